The zero-order valence-electron chi connectivity index (χ0n) is 12.3. The van der Waals surface area contributed by atoms with Gasteiger partial charge in [0, 0.05) is 11.8 Å². The monoisotopic (exact) mass is 302 g/mol. The lowest BCUT2D eigenvalue weighted by molar-refractivity contribution is 0.447. The number of pyridine rings is 1. The zero-order chi connectivity index (χ0) is 15.5. The van der Waals surface area contributed by atoms with Crippen molar-refractivity contribution in [2.45, 2.75) is 0 Å². The first-order valence-electron chi connectivity index (χ1n) is 7.29. The second-order valence-electron chi connectivity index (χ2n) is 4.98. The summed E-state index contributed by atoms with van der Waals surface area (Å²) in [6.45, 7) is 0. The van der Waals surface area contributed by atoms with E-state index in [-0.39, 0.29) is 0 Å². The van der Waals surface area contributed by atoms with Crippen LogP contribution in [0.2, 0.25) is 0 Å². The molecule has 2 aromatic heterocycles. The minimum absolute atomic E-state index is 0.528. The standard InChI is InChI=1S/C18H14N4O/c1-3-8-14(9-4-1)19-18-20-16-12-7-13-17(22(16)21-18)23-15-10-5-2-6-11-15/h1-13H,(H,19,21). The Balaban J connectivity index is 1.67. The highest BCUT2D eigenvalue weighted by Gasteiger charge is 2.08. The highest BCUT2D eigenvalue weighted by molar-refractivity contribution is 5.56. The molecule has 0 aliphatic heterocycles. The van der Waals surface area contributed by atoms with Crippen LogP contribution >= 0.6 is 0 Å². The van der Waals surface area contributed by atoms with Crippen LogP contribution in [-0.2, 0) is 0 Å². The molecule has 4 aromatic rings. The molecule has 0 atom stereocenters. The van der Waals surface area contributed by atoms with Crippen molar-refractivity contribution >= 4 is 17.3 Å². The molecule has 2 aromatic carbocycles. The van der Waals surface area contributed by atoms with E-state index in [0.717, 1.165) is 17.1 Å². The van der Waals surface area contributed by atoms with Crippen LogP contribution in [-0.4, -0.2) is 14.6 Å². The minimum atomic E-state index is 0.528. The van der Waals surface area contributed by atoms with Crippen LogP contribution in [0.1, 0.15) is 0 Å². The van der Waals surface area contributed by atoms with Gasteiger partial charge in [0.05, 0.1) is 0 Å². The van der Waals surface area contributed by atoms with Crippen molar-refractivity contribution < 1.29 is 4.74 Å². The summed E-state index contributed by atoms with van der Waals surface area (Å²) >= 11 is 0. The Labute approximate surface area is 133 Å². The van der Waals surface area contributed by atoms with E-state index >= 15 is 0 Å². The Morgan fingerprint density at radius 1 is 0.783 bits per heavy atom. The summed E-state index contributed by atoms with van der Waals surface area (Å²) in [5.74, 6) is 1.90. The van der Waals surface area contributed by atoms with Crippen LogP contribution in [0.3, 0.4) is 0 Å². The molecule has 0 spiro atoms. The van der Waals surface area contributed by atoms with Gasteiger partial charge in [0.2, 0.25) is 11.8 Å². The maximum absolute atomic E-state index is 5.89. The minimum Gasteiger partial charge on any atom is -0.439 e. The van der Waals surface area contributed by atoms with Crippen molar-refractivity contribution in [3.8, 4) is 11.6 Å². The lowest BCUT2D eigenvalue weighted by Gasteiger charge is -2.06. The van der Waals surface area contributed by atoms with Gasteiger partial charge in [-0.05, 0) is 30.3 Å². The number of rotatable bonds is 4. The third-order valence-electron chi connectivity index (χ3n) is 3.32. The number of ether oxygens (including phenoxy) is 1. The highest BCUT2D eigenvalue weighted by Crippen LogP contribution is 2.22. The number of benzene rings is 2. The van der Waals surface area contributed by atoms with Crippen LogP contribution in [0.5, 0.6) is 11.6 Å². The normalized spacial score (nSPS) is 10.6. The average Bonchev–Trinajstić information content (AvgIpc) is 3.00. The van der Waals surface area contributed by atoms with Gasteiger partial charge in [-0.1, -0.05) is 42.5 Å². The molecule has 112 valence electrons. The number of hydrogen-bond donors (Lipinski definition) is 1. The van der Waals surface area contributed by atoms with Crippen molar-refractivity contribution in [3.05, 3.63) is 78.9 Å². The number of nitrogens with one attached hydrogen (secondary N) is 1. The molecule has 0 saturated heterocycles. The average molecular weight is 302 g/mol. The van der Waals surface area contributed by atoms with Crippen LogP contribution in [0.4, 0.5) is 11.6 Å². The summed E-state index contributed by atoms with van der Waals surface area (Å²) in [4.78, 5) is 4.47. The summed E-state index contributed by atoms with van der Waals surface area (Å²) in [6, 6.07) is 25.1. The molecular weight excluding hydrogens is 288 g/mol. The van der Waals surface area contributed by atoms with Gasteiger partial charge in [0.1, 0.15) is 5.75 Å². The van der Waals surface area contributed by atoms with Crippen molar-refractivity contribution in [2.24, 2.45) is 0 Å². The molecule has 2 heterocycles. The number of fused-ring (bicyclic) bond motifs is 1. The number of hydrogen-bond acceptors (Lipinski definition) is 4. The Hall–Kier alpha value is -3.34. The Kier molecular flexibility index (Phi) is 3.37. The molecule has 0 bridgehead atoms. The number of aromatic nitrogens is 3. The lowest BCUT2D eigenvalue weighted by atomic mass is 10.3. The first-order chi connectivity index (χ1) is 11.4. The summed E-state index contributed by atoms with van der Waals surface area (Å²) in [5.41, 5.74) is 1.66. The van der Waals surface area contributed by atoms with Gasteiger partial charge in [0.25, 0.3) is 0 Å². The second kappa shape index (κ2) is 5.81. The highest BCUT2D eigenvalue weighted by atomic mass is 16.5. The molecule has 0 aliphatic carbocycles. The topological polar surface area (TPSA) is 51.5 Å². The maximum Gasteiger partial charge on any atom is 0.247 e. The van der Waals surface area contributed by atoms with Crippen molar-refractivity contribution in [1.29, 1.82) is 0 Å². The lowest BCUT2D eigenvalue weighted by Crippen LogP contribution is -1.96. The Morgan fingerprint density at radius 3 is 2.30 bits per heavy atom. The molecule has 0 fully saturated rings. The van der Waals surface area contributed by atoms with Gasteiger partial charge in [-0.15, -0.1) is 5.10 Å². The molecule has 1 N–H and O–H groups in total. The number of para-hydroxylation sites is 2. The van der Waals surface area contributed by atoms with Crippen LogP contribution < -0.4 is 10.1 Å². The number of nitrogens with zero attached hydrogens (tertiary/aromatic N) is 3. The fourth-order valence-electron chi connectivity index (χ4n) is 2.27. The SMILES string of the molecule is c1ccc(Nc2nc3cccc(Oc4ccccc4)n3n2)cc1. The predicted octanol–water partition coefficient (Wildman–Crippen LogP) is 4.27. The zero-order valence-corrected chi connectivity index (χ0v) is 12.3. The molecule has 0 amide bonds. The van der Waals surface area contributed by atoms with Gasteiger partial charge in [0.15, 0.2) is 5.65 Å². The van der Waals surface area contributed by atoms with E-state index in [2.05, 4.69) is 15.4 Å². The van der Waals surface area contributed by atoms with Gasteiger partial charge in [-0.3, -0.25) is 0 Å². The van der Waals surface area contributed by atoms with E-state index in [1.807, 2.05) is 78.9 Å². The van der Waals surface area contributed by atoms with Crippen molar-refractivity contribution in [1.82, 2.24) is 14.6 Å². The first-order valence-corrected chi connectivity index (χ1v) is 7.29. The third-order valence-corrected chi connectivity index (χ3v) is 3.32. The van der Waals surface area contributed by atoms with E-state index < -0.39 is 0 Å². The van der Waals surface area contributed by atoms with E-state index in [9.17, 15) is 0 Å². The smallest absolute Gasteiger partial charge is 0.247 e. The fraction of sp³-hybridized carbons (Fsp3) is 0. The second-order valence-corrected chi connectivity index (χ2v) is 4.98. The summed E-state index contributed by atoms with van der Waals surface area (Å²) < 4.78 is 7.57. The van der Waals surface area contributed by atoms with Crippen molar-refractivity contribution in [3.63, 3.8) is 0 Å². The molecule has 4 rings (SSSR count). The Morgan fingerprint density at radius 2 is 1.52 bits per heavy atom. The fourth-order valence-corrected chi connectivity index (χ4v) is 2.27. The largest absolute Gasteiger partial charge is 0.439 e. The summed E-state index contributed by atoms with van der Waals surface area (Å²) in [5, 5.41) is 7.66. The third kappa shape index (κ3) is 2.85. The Bertz CT molecular complexity index is 920. The molecule has 0 saturated carbocycles. The van der Waals surface area contributed by atoms with E-state index in [1.165, 1.54) is 0 Å². The quantitative estimate of drug-likeness (QED) is 0.612. The molecule has 0 radical (unpaired) electrons. The predicted molar refractivity (Wildman–Crippen MR) is 89.2 cm³/mol. The molecule has 0 aliphatic rings. The first kappa shape index (κ1) is 13.3. The van der Waals surface area contributed by atoms with Crippen LogP contribution in [0.15, 0.2) is 78.9 Å². The van der Waals surface area contributed by atoms with E-state index in [4.69, 9.17) is 4.74 Å². The molecule has 5 heteroatoms. The molecular formula is C18H14N4O. The molecule has 23 heavy (non-hydrogen) atoms. The summed E-state index contributed by atoms with van der Waals surface area (Å²) in [6.07, 6.45) is 0. The van der Waals surface area contributed by atoms with Crippen LogP contribution in [0.25, 0.3) is 5.65 Å². The van der Waals surface area contributed by atoms with Gasteiger partial charge >= 0.3 is 0 Å². The maximum atomic E-state index is 5.89. The molecule has 0 unspecified atom stereocenters. The molecule has 5 nitrogen and oxygen atoms in total. The van der Waals surface area contributed by atoms with Gasteiger partial charge in [-0.25, -0.2) is 0 Å². The van der Waals surface area contributed by atoms with Crippen molar-refractivity contribution in [2.75, 3.05) is 5.32 Å². The van der Waals surface area contributed by atoms with E-state index in [1.54, 1.807) is 4.52 Å². The van der Waals surface area contributed by atoms with E-state index in [0.29, 0.717) is 11.8 Å². The number of anilines is 2. The van der Waals surface area contributed by atoms with Gasteiger partial charge < -0.3 is 10.1 Å². The summed E-state index contributed by atoms with van der Waals surface area (Å²) in [7, 11) is 0. The van der Waals surface area contributed by atoms with Crippen LogP contribution in [0, 0.1) is 0 Å². The van der Waals surface area contributed by atoms with Gasteiger partial charge in [-0.2, -0.15) is 9.50 Å².